The molecular formula is C12H20N2O. The molecule has 3 heteroatoms. The number of nitrogens with one attached hydrogen (secondary N) is 2. The molecule has 15 heavy (non-hydrogen) atoms. The lowest BCUT2D eigenvalue weighted by molar-refractivity contribution is 1.21. The Morgan fingerprint density at radius 2 is 1.47 bits per heavy atom. The zero-order chi connectivity index (χ0) is 11.8. The number of benzene rings is 1. The van der Waals surface area contributed by atoms with Crippen molar-refractivity contribution in [3.63, 3.8) is 0 Å². The van der Waals surface area contributed by atoms with Gasteiger partial charge in [0.1, 0.15) is 0 Å². The molecule has 3 nitrogen and oxygen atoms in total. The molecule has 2 rings (SSSR count). The molecule has 0 saturated carbocycles. The van der Waals surface area contributed by atoms with Crippen molar-refractivity contribution in [3.8, 4) is 0 Å². The van der Waals surface area contributed by atoms with Gasteiger partial charge in [0.2, 0.25) is 0 Å². The molecule has 0 aliphatic heterocycles. The second-order valence-electron chi connectivity index (χ2n) is 2.63. The van der Waals surface area contributed by atoms with Crippen molar-refractivity contribution >= 4 is 11.0 Å². The minimum absolute atomic E-state index is 0.148. The number of aryl methyl sites for hydroxylation is 1. The summed E-state index contributed by atoms with van der Waals surface area (Å²) >= 11 is 0. The second kappa shape index (κ2) is 6.87. The number of aromatic nitrogens is 2. The highest BCUT2D eigenvalue weighted by molar-refractivity contribution is 5.74. The number of fused-ring (bicyclic) bond motifs is 1. The van der Waals surface area contributed by atoms with Gasteiger partial charge in [0.15, 0.2) is 0 Å². The van der Waals surface area contributed by atoms with E-state index in [1.807, 2.05) is 52.8 Å². The SMILES string of the molecule is CC.CC.Cc1ccc2[nH]c(=O)[nH]c2c1. The Morgan fingerprint density at radius 1 is 0.933 bits per heavy atom. The molecule has 0 radical (unpaired) electrons. The number of imidazole rings is 1. The van der Waals surface area contributed by atoms with Crippen molar-refractivity contribution in [3.05, 3.63) is 34.2 Å². The number of hydrogen-bond acceptors (Lipinski definition) is 1. The normalized spacial score (nSPS) is 8.60. The van der Waals surface area contributed by atoms with Crippen molar-refractivity contribution in [1.82, 2.24) is 9.97 Å². The van der Waals surface area contributed by atoms with Crippen LogP contribution in [0.4, 0.5) is 0 Å². The van der Waals surface area contributed by atoms with Gasteiger partial charge in [-0.25, -0.2) is 4.79 Å². The lowest BCUT2D eigenvalue weighted by atomic mass is 10.2. The molecular weight excluding hydrogens is 188 g/mol. The lowest BCUT2D eigenvalue weighted by Crippen LogP contribution is -1.99. The fourth-order valence-corrected chi connectivity index (χ4v) is 1.15. The third-order valence-corrected chi connectivity index (χ3v) is 1.67. The molecule has 2 N–H and O–H groups in total. The highest BCUT2D eigenvalue weighted by Gasteiger charge is 1.95. The van der Waals surface area contributed by atoms with Crippen LogP contribution in [-0.2, 0) is 0 Å². The van der Waals surface area contributed by atoms with Crippen LogP contribution < -0.4 is 5.69 Å². The molecule has 0 spiro atoms. The topological polar surface area (TPSA) is 48.6 Å². The fourth-order valence-electron chi connectivity index (χ4n) is 1.15. The Balaban J connectivity index is 0.000000442. The third-order valence-electron chi connectivity index (χ3n) is 1.67. The van der Waals surface area contributed by atoms with Gasteiger partial charge < -0.3 is 9.97 Å². The number of aromatic amines is 2. The van der Waals surface area contributed by atoms with E-state index in [1.54, 1.807) is 0 Å². The molecule has 0 atom stereocenters. The van der Waals surface area contributed by atoms with Crippen molar-refractivity contribution in [2.45, 2.75) is 34.6 Å². The van der Waals surface area contributed by atoms with Gasteiger partial charge in [-0.15, -0.1) is 0 Å². The molecule has 0 saturated heterocycles. The fraction of sp³-hybridized carbons (Fsp3) is 0.417. The maximum atomic E-state index is 10.8. The predicted molar refractivity (Wildman–Crippen MR) is 66.4 cm³/mol. The van der Waals surface area contributed by atoms with Gasteiger partial charge in [-0.2, -0.15) is 0 Å². The van der Waals surface area contributed by atoms with Crippen LogP contribution >= 0.6 is 0 Å². The predicted octanol–water partition coefficient (Wildman–Crippen LogP) is 3.22. The Labute approximate surface area is 90.5 Å². The van der Waals surface area contributed by atoms with Crippen molar-refractivity contribution in [2.75, 3.05) is 0 Å². The first kappa shape index (κ1) is 13.5. The zero-order valence-corrected chi connectivity index (χ0v) is 10.1. The zero-order valence-electron chi connectivity index (χ0n) is 10.1. The van der Waals surface area contributed by atoms with E-state index >= 15 is 0 Å². The van der Waals surface area contributed by atoms with E-state index in [1.165, 1.54) is 0 Å². The molecule has 1 heterocycles. The monoisotopic (exact) mass is 208 g/mol. The molecule has 2 aromatic rings. The number of H-pyrrole nitrogens is 2. The summed E-state index contributed by atoms with van der Waals surface area (Å²) in [6.07, 6.45) is 0. The van der Waals surface area contributed by atoms with E-state index in [4.69, 9.17) is 0 Å². The summed E-state index contributed by atoms with van der Waals surface area (Å²) in [5.74, 6) is 0. The molecule has 0 fully saturated rings. The van der Waals surface area contributed by atoms with Gasteiger partial charge in [0.25, 0.3) is 0 Å². The number of rotatable bonds is 0. The standard InChI is InChI=1S/C8H8N2O.2C2H6/c1-5-2-3-6-7(4-5)10-8(11)9-6;2*1-2/h2-4H,1H3,(H2,9,10,11);2*1-2H3. The smallest absolute Gasteiger partial charge is 0.306 e. The van der Waals surface area contributed by atoms with Crippen molar-refractivity contribution < 1.29 is 0 Å². The van der Waals surface area contributed by atoms with Crippen LogP contribution in [0.15, 0.2) is 23.0 Å². The maximum absolute atomic E-state index is 10.8. The average molecular weight is 208 g/mol. The summed E-state index contributed by atoms with van der Waals surface area (Å²) in [6, 6.07) is 5.79. The first-order valence-electron chi connectivity index (χ1n) is 5.44. The van der Waals surface area contributed by atoms with Crippen LogP contribution in [0, 0.1) is 6.92 Å². The summed E-state index contributed by atoms with van der Waals surface area (Å²) in [6.45, 7) is 9.99. The minimum Gasteiger partial charge on any atom is -0.306 e. The van der Waals surface area contributed by atoms with E-state index in [2.05, 4.69) is 9.97 Å². The Morgan fingerprint density at radius 3 is 2.07 bits per heavy atom. The van der Waals surface area contributed by atoms with Crippen LogP contribution in [0.2, 0.25) is 0 Å². The van der Waals surface area contributed by atoms with Crippen LogP contribution in [0.1, 0.15) is 33.3 Å². The largest absolute Gasteiger partial charge is 0.323 e. The maximum Gasteiger partial charge on any atom is 0.323 e. The second-order valence-corrected chi connectivity index (χ2v) is 2.63. The van der Waals surface area contributed by atoms with Gasteiger partial charge in [0, 0.05) is 0 Å². The van der Waals surface area contributed by atoms with Crippen LogP contribution in [0.25, 0.3) is 11.0 Å². The molecule has 0 unspecified atom stereocenters. The summed E-state index contributed by atoms with van der Waals surface area (Å²) in [4.78, 5) is 16.2. The van der Waals surface area contributed by atoms with Crippen molar-refractivity contribution in [1.29, 1.82) is 0 Å². The van der Waals surface area contributed by atoms with E-state index in [-0.39, 0.29) is 5.69 Å². The van der Waals surface area contributed by atoms with Gasteiger partial charge in [-0.1, -0.05) is 33.8 Å². The summed E-state index contributed by atoms with van der Waals surface area (Å²) < 4.78 is 0. The first-order chi connectivity index (χ1) is 7.25. The van der Waals surface area contributed by atoms with Crippen LogP contribution in [0.3, 0.4) is 0 Å². The summed E-state index contributed by atoms with van der Waals surface area (Å²) in [5, 5.41) is 0. The van der Waals surface area contributed by atoms with Gasteiger partial charge >= 0.3 is 5.69 Å². The minimum atomic E-state index is -0.148. The highest BCUT2D eigenvalue weighted by Crippen LogP contribution is 2.08. The average Bonchev–Trinajstić information content (AvgIpc) is 2.63. The lowest BCUT2D eigenvalue weighted by Gasteiger charge is -1.89. The van der Waals surface area contributed by atoms with E-state index in [0.717, 1.165) is 16.6 Å². The molecule has 0 aliphatic carbocycles. The third kappa shape index (κ3) is 3.62. The summed E-state index contributed by atoms with van der Waals surface area (Å²) in [7, 11) is 0. The Kier molecular flexibility index (Phi) is 6.18. The van der Waals surface area contributed by atoms with E-state index in [0.29, 0.717) is 0 Å². The quantitative estimate of drug-likeness (QED) is 0.686. The van der Waals surface area contributed by atoms with E-state index < -0.39 is 0 Å². The van der Waals surface area contributed by atoms with Gasteiger partial charge in [-0.3, -0.25) is 0 Å². The van der Waals surface area contributed by atoms with Gasteiger partial charge in [-0.05, 0) is 24.6 Å². The Bertz CT molecular complexity index is 440. The molecule has 0 bridgehead atoms. The van der Waals surface area contributed by atoms with Gasteiger partial charge in [0.05, 0.1) is 11.0 Å². The van der Waals surface area contributed by atoms with Crippen LogP contribution in [-0.4, -0.2) is 9.97 Å². The van der Waals surface area contributed by atoms with Crippen molar-refractivity contribution in [2.24, 2.45) is 0 Å². The molecule has 0 aliphatic rings. The Hall–Kier alpha value is -1.51. The van der Waals surface area contributed by atoms with E-state index in [9.17, 15) is 4.79 Å². The summed E-state index contributed by atoms with van der Waals surface area (Å²) in [5.41, 5.74) is 2.73. The molecule has 1 aromatic heterocycles. The first-order valence-corrected chi connectivity index (χ1v) is 5.44. The molecule has 0 amide bonds. The molecule has 84 valence electrons. The number of hydrogen-bond donors (Lipinski definition) is 2. The van der Waals surface area contributed by atoms with Crippen LogP contribution in [0.5, 0.6) is 0 Å². The molecule has 1 aromatic carbocycles. The highest BCUT2D eigenvalue weighted by atomic mass is 16.1.